The summed E-state index contributed by atoms with van der Waals surface area (Å²) in [6.45, 7) is 3.36. The zero-order valence-electron chi connectivity index (χ0n) is 5.42. The molecule has 1 aromatic carbocycles. The van der Waals surface area contributed by atoms with E-state index in [2.05, 4.69) is 6.92 Å². The number of rotatable bonds is 1. The van der Waals surface area contributed by atoms with Crippen LogP contribution in [0.15, 0.2) is 30.3 Å². The van der Waals surface area contributed by atoms with Crippen molar-refractivity contribution < 1.29 is 5.11 Å². The highest BCUT2D eigenvalue weighted by molar-refractivity contribution is 6.23. The average molecular weight is 156 g/mol. The van der Waals surface area contributed by atoms with Gasteiger partial charge in [0.15, 0.2) is 5.06 Å². The first-order valence-electron chi connectivity index (χ1n) is 2.93. The summed E-state index contributed by atoms with van der Waals surface area (Å²) < 4.78 is 0. The maximum absolute atomic E-state index is 9.14. The van der Waals surface area contributed by atoms with E-state index in [-0.39, 0.29) is 0 Å². The van der Waals surface area contributed by atoms with Crippen LogP contribution in [0.25, 0.3) is 0 Å². The van der Waals surface area contributed by atoms with Crippen molar-refractivity contribution in [2.45, 2.75) is 5.06 Å². The first kappa shape index (κ1) is 7.58. The fourth-order valence-electron chi connectivity index (χ4n) is 0.694. The molecule has 0 aromatic heterocycles. The molecule has 0 aliphatic heterocycles. The summed E-state index contributed by atoms with van der Waals surface area (Å²) in [5, 5.41) is 7.66. The van der Waals surface area contributed by atoms with E-state index in [9.17, 15) is 0 Å². The van der Waals surface area contributed by atoms with Crippen LogP contribution >= 0.6 is 11.6 Å². The third-order valence-corrected chi connectivity index (χ3v) is 1.43. The second-order valence-electron chi connectivity index (χ2n) is 2.13. The predicted molar refractivity (Wildman–Crippen MR) is 41.5 cm³/mol. The molecule has 1 radical (unpaired) electrons. The molecule has 0 fully saturated rings. The largest absolute Gasteiger partial charge is 0.371 e. The molecule has 10 heavy (non-hydrogen) atoms. The summed E-state index contributed by atoms with van der Waals surface area (Å²) in [6.07, 6.45) is 0. The van der Waals surface area contributed by atoms with Gasteiger partial charge < -0.3 is 5.11 Å². The van der Waals surface area contributed by atoms with Crippen molar-refractivity contribution in [2.24, 2.45) is 0 Å². The van der Waals surface area contributed by atoms with Crippen molar-refractivity contribution in [3.05, 3.63) is 42.8 Å². The summed E-state index contributed by atoms with van der Waals surface area (Å²) >= 11 is 5.50. The standard InChI is InChI=1S/C8H8ClO/c1-8(9,10)7-5-3-2-4-6-7/h2-6,10H,1H2. The van der Waals surface area contributed by atoms with Crippen LogP contribution in [0.4, 0.5) is 0 Å². The van der Waals surface area contributed by atoms with E-state index in [0.717, 1.165) is 0 Å². The normalized spacial score (nSPS) is 16.3. The lowest BCUT2D eigenvalue weighted by atomic mass is 10.1. The third-order valence-electron chi connectivity index (χ3n) is 1.22. The van der Waals surface area contributed by atoms with Crippen LogP contribution in [-0.4, -0.2) is 5.11 Å². The van der Waals surface area contributed by atoms with Gasteiger partial charge in [0.2, 0.25) is 0 Å². The number of hydrogen-bond acceptors (Lipinski definition) is 1. The number of aliphatic hydroxyl groups is 1. The first-order chi connectivity index (χ1) is 4.61. The van der Waals surface area contributed by atoms with Crippen LogP contribution in [0, 0.1) is 6.92 Å². The lowest BCUT2D eigenvalue weighted by molar-refractivity contribution is 0.179. The van der Waals surface area contributed by atoms with E-state index in [1.54, 1.807) is 24.3 Å². The highest BCUT2D eigenvalue weighted by Gasteiger charge is 2.17. The Morgan fingerprint density at radius 1 is 1.30 bits per heavy atom. The van der Waals surface area contributed by atoms with Crippen molar-refractivity contribution >= 4 is 11.6 Å². The molecule has 0 aliphatic carbocycles. The van der Waals surface area contributed by atoms with Crippen LogP contribution in [0.5, 0.6) is 0 Å². The lowest BCUT2D eigenvalue weighted by Gasteiger charge is -2.13. The molecule has 1 N–H and O–H groups in total. The van der Waals surface area contributed by atoms with Gasteiger partial charge in [0.1, 0.15) is 0 Å². The van der Waals surface area contributed by atoms with Crippen molar-refractivity contribution in [2.75, 3.05) is 0 Å². The molecule has 1 atom stereocenters. The number of alkyl halides is 1. The van der Waals surface area contributed by atoms with Gasteiger partial charge in [-0.3, -0.25) is 0 Å². The number of halogens is 1. The van der Waals surface area contributed by atoms with Crippen molar-refractivity contribution in [3.63, 3.8) is 0 Å². The topological polar surface area (TPSA) is 20.2 Å². The highest BCUT2D eigenvalue weighted by Crippen LogP contribution is 2.23. The Hall–Kier alpha value is -0.530. The first-order valence-corrected chi connectivity index (χ1v) is 3.30. The van der Waals surface area contributed by atoms with E-state index in [4.69, 9.17) is 16.7 Å². The monoisotopic (exact) mass is 155 g/mol. The fraction of sp³-hybridized carbons (Fsp3) is 0.125. The molecule has 1 aromatic rings. The van der Waals surface area contributed by atoms with Gasteiger partial charge in [0.25, 0.3) is 0 Å². The molecule has 0 spiro atoms. The van der Waals surface area contributed by atoms with Crippen LogP contribution < -0.4 is 0 Å². The van der Waals surface area contributed by atoms with E-state index < -0.39 is 5.06 Å². The van der Waals surface area contributed by atoms with Crippen molar-refractivity contribution in [1.29, 1.82) is 0 Å². The molecule has 1 nitrogen and oxygen atoms in total. The molecule has 0 saturated carbocycles. The second kappa shape index (κ2) is 2.60. The molecule has 0 aliphatic rings. The van der Waals surface area contributed by atoms with Crippen molar-refractivity contribution in [3.8, 4) is 0 Å². The van der Waals surface area contributed by atoms with Gasteiger partial charge in [-0.1, -0.05) is 41.9 Å². The smallest absolute Gasteiger partial charge is 0.164 e. The Balaban J connectivity index is 2.97. The van der Waals surface area contributed by atoms with Gasteiger partial charge in [-0.25, -0.2) is 0 Å². The van der Waals surface area contributed by atoms with Gasteiger partial charge >= 0.3 is 0 Å². The second-order valence-corrected chi connectivity index (χ2v) is 2.75. The molecule has 0 amide bonds. The zero-order valence-corrected chi connectivity index (χ0v) is 6.17. The van der Waals surface area contributed by atoms with E-state index in [1.165, 1.54) is 0 Å². The SMILES string of the molecule is [CH2]C(O)(Cl)c1ccccc1. The predicted octanol–water partition coefficient (Wildman–Crippen LogP) is 1.90. The molecule has 2 heteroatoms. The Labute approximate surface area is 65.3 Å². The zero-order chi connectivity index (χ0) is 7.61. The summed E-state index contributed by atoms with van der Waals surface area (Å²) in [5.74, 6) is 0. The minimum absolute atomic E-state index is 0.608. The Morgan fingerprint density at radius 2 is 1.80 bits per heavy atom. The van der Waals surface area contributed by atoms with Crippen LogP contribution in [-0.2, 0) is 5.06 Å². The molecule has 1 unspecified atom stereocenters. The fourth-order valence-corrected chi connectivity index (χ4v) is 0.820. The summed E-state index contributed by atoms with van der Waals surface area (Å²) in [7, 11) is 0. The van der Waals surface area contributed by atoms with E-state index in [0.29, 0.717) is 5.56 Å². The van der Waals surface area contributed by atoms with Crippen LogP contribution in [0.3, 0.4) is 0 Å². The Morgan fingerprint density at radius 3 is 2.10 bits per heavy atom. The van der Waals surface area contributed by atoms with Crippen molar-refractivity contribution in [1.82, 2.24) is 0 Å². The molecule has 1 rings (SSSR count). The Kier molecular flexibility index (Phi) is 1.97. The highest BCUT2D eigenvalue weighted by atomic mass is 35.5. The van der Waals surface area contributed by atoms with Gasteiger partial charge in [-0.15, -0.1) is 0 Å². The number of hydrogen-bond donors (Lipinski definition) is 1. The third kappa shape index (κ3) is 1.72. The van der Waals surface area contributed by atoms with E-state index in [1.807, 2.05) is 6.07 Å². The molecule has 0 heterocycles. The average Bonchev–Trinajstić information content (AvgIpc) is 1.88. The molecule has 0 bridgehead atoms. The minimum atomic E-state index is -1.48. The molecular weight excluding hydrogens is 148 g/mol. The number of benzene rings is 1. The van der Waals surface area contributed by atoms with Crippen LogP contribution in [0.2, 0.25) is 0 Å². The Bertz CT molecular complexity index is 200. The van der Waals surface area contributed by atoms with Crippen LogP contribution in [0.1, 0.15) is 5.56 Å². The minimum Gasteiger partial charge on any atom is -0.371 e. The maximum atomic E-state index is 9.14. The molecular formula is C8H8ClO. The summed E-state index contributed by atoms with van der Waals surface area (Å²) in [4.78, 5) is 0. The summed E-state index contributed by atoms with van der Waals surface area (Å²) in [6, 6.07) is 8.90. The van der Waals surface area contributed by atoms with Gasteiger partial charge in [-0.05, 0) is 12.5 Å². The molecule has 53 valence electrons. The molecule has 0 saturated heterocycles. The van der Waals surface area contributed by atoms with E-state index >= 15 is 0 Å². The quantitative estimate of drug-likeness (QED) is 0.615. The maximum Gasteiger partial charge on any atom is 0.164 e. The summed E-state index contributed by atoms with van der Waals surface area (Å²) in [5.41, 5.74) is 0.608. The van der Waals surface area contributed by atoms with Gasteiger partial charge in [0.05, 0.1) is 0 Å². The lowest BCUT2D eigenvalue weighted by Crippen LogP contribution is -2.11. The van der Waals surface area contributed by atoms with Gasteiger partial charge in [-0.2, -0.15) is 0 Å². The van der Waals surface area contributed by atoms with Gasteiger partial charge in [0, 0.05) is 0 Å².